The van der Waals surface area contributed by atoms with Crippen molar-refractivity contribution in [3.8, 4) is 0 Å². The smallest absolute Gasteiger partial charge is 0.258 e. The number of benzene rings is 1. The van der Waals surface area contributed by atoms with Gasteiger partial charge in [0.05, 0.1) is 4.92 Å². The average molecular weight is 402 g/mol. The van der Waals surface area contributed by atoms with Crippen LogP contribution in [0, 0.1) is 33.3 Å². The van der Waals surface area contributed by atoms with Crippen LogP contribution < -0.4 is 4.57 Å². The Morgan fingerprint density at radius 3 is 2.27 bits per heavy atom. The minimum Gasteiger partial charge on any atom is -0.258 e. The first-order valence-electron chi connectivity index (χ1n) is 11.2. The lowest BCUT2D eigenvalue weighted by atomic mass is 9.49. The Hall–Kier alpha value is -2.75. The van der Waals surface area contributed by atoms with E-state index in [1.807, 2.05) is 6.08 Å². The molecule has 4 nitrogen and oxygen atoms in total. The third-order valence-corrected chi connectivity index (χ3v) is 7.39. The van der Waals surface area contributed by atoms with Gasteiger partial charge in [-0.3, -0.25) is 10.1 Å². The Kier molecular flexibility index (Phi) is 5.01. The van der Waals surface area contributed by atoms with Crippen LogP contribution in [0.15, 0.2) is 60.8 Å². The van der Waals surface area contributed by atoms with Gasteiger partial charge in [0.2, 0.25) is 5.69 Å². The number of non-ortho nitro benzene ring substituents is 1. The van der Waals surface area contributed by atoms with Crippen molar-refractivity contribution in [2.24, 2.45) is 23.2 Å². The third kappa shape index (κ3) is 3.96. The number of nitrogens with zero attached hydrogens (tertiary/aromatic N) is 2. The maximum absolute atomic E-state index is 10.8. The van der Waals surface area contributed by atoms with Gasteiger partial charge in [-0.25, -0.2) is 0 Å². The lowest BCUT2D eigenvalue weighted by Gasteiger charge is -2.55. The Labute approximate surface area is 178 Å². The third-order valence-electron chi connectivity index (χ3n) is 7.39. The molecule has 2 aromatic rings. The van der Waals surface area contributed by atoms with Crippen LogP contribution in [0.3, 0.4) is 0 Å². The van der Waals surface area contributed by atoms with Crippen LogP contribution >= 0.6 is 0 Å². The second-order valence-corrected chi connectivity index (χ2v) is 9.64. The van der Waals surface area contributed by atoms with E-state index in [0.29, 0.717) is 5.41 Å². The number of rotatable bonds is 6. The number of hydrogen-bond donors (Lipinski definition) is 0. The van der Waals surface area contributed by atoms with Gasteiger partial charge in [-0.05, 0) is 97.6 Å². The number of nitro benzene ring substituents is 1. The van der Waals surface area contributed by atoms with Crippen molar-refractivity contribution >= 4 is 17.8 Å². The van der Waals surface area contributed by atoms with Crippen molar-refractivity contribution < 1.29 is 9.49 Å². The van der Waals surface area contributed by atoms with Crippen LogP contribution in [0.1, 0.15) is 49.8 Å². The van der Waals surface area contributed by atoms with Gasteiger partial charge < -0.3 is 0 Å². The van der Waals surface area contributed by atoms with E-state index in [1.54, 1.807) is 24.3 Å². The summed E-state index contributed by atoms with van der Waals surface area (Å²) in [5.41, 5.74) is 2.68. The summed E-state index contributed by atoms with van der Waals surface area (Å²) in [7, 11) is 0. The molecule has 4 fully saturated rings. The maximum atomic E-state index is 10.8. The zero-order chi connectivity index (χ0) is 20.6. The molecule has 4 heteroatoms. The van der Waals surface area contributed by atoms with Crippen molar-refractivity contribution in [3.63, 3.8) is 0 Å². The summed E-state index contributed by atoms with van der Waals surface area (Å²) in [5, 5.41) is 10.8. The lowest BCUT2D eigenvalue weighted by Crippen LogP contribution is -2.45. The first kappa shape index (κ1) is 19.2. The standard InChI is InChI=1S/C26H29N2O2/c29-28(30)25-9-6-20(7-10-25)5-8-24-4-1-2-12-27(24)13-3-11-26-17-21-14-22(18-26)16-23(15-21)19-26/h1-12,21-23H,13-19H2/q+1/b8-5+,11-3+. The van der Waals surface area contributed by atoms with Crippen LogP contribution in [0.4, 0.5) is 5.69 Å². The fraction of sp³-hybridized carbons (Fsp3) is 0.423. The molecular formula is C26H29N2O2+. The largest absolute Gasteiger partial charge is 0.269 e. The predicted molar refractivity (Wildman–Crippen MR) is 118 cm³/mol. The van der Waals surface area contributed by atoms with Crippen molar-refractivity contribution in [1.29, 1.82) is 0 Å². The number of aromatic nitrogens is 1. The van der Waals surface area contributed by atoms with Crippen molar-refractivity contribution in [2.45, 2.75) is 45.1 Å². The highest BCUT2D eigenvalue weighted by molar-refractivity contribution is 5.67. The van der Waals surface area contributed by atoms with E-state index >= 15 is 0 Å². The Morgan fingerprint density at radius 2 is 1.63 bits per heavy atom. The first-order valence-corrected chi connectivity index (χ1v) is 11.2. The predicted octanol–water partition coefficient (Wildman–Crippen LogP) is 5.83. The molecule has 154 valence electrons. The minimum absolute atomic E-state index is 0.122. The molecule has 30 heavy (non-hydrogen) atoms. The summed E-state index contributed by atoms with van der Waals surface area (Å²) < 4.78 is 2.26. The normalized spacial score (nSPS) is 29.8. The summed E-state index contributed by atoms with van der Waals surface area (Å²) in [6.07, 6.45) is 19.8. The zero-order valence-electron chi connectivity index (χ0n) is 17.3. The SMILES string of the molecule is O=[N+]([O-])c1ccc(/C=C/c2cccc[n+]2C/C=C/C23CC4CC(CC(C4)C2)C3)cc1. The number of hydrogen-bond acceptors (Lipinski definition) is 2. The molecule has 0 amide bonds. The van der Waals surface area contributed by atoms with E-state index in [2.05, 4.69) is 47.2 Å². The number of nitro groups is 1. The molecule has 1 heterocycles. The van der Waals surface area contributed by atoms with E-state index in [0.717, 1.165) is 35.6 Å². The molecule has 0 N–H and O–H groups in total. The molecule has 4 aliphatic rings. The van der Waals surface area contributed by atoms with E-state index in [-0.39, 0.29) is 10.6 Å². The van der Waals surface area contributed by atoms with Crippen LogP contribution in [0.2, 0.25) is 0 Å². The van der Waals surface area contributed by atoms with Gasteiger partial charge in [-0.2, -0.15) is 4.57 Å². The molecular weight excluding hydrogens is 372 g/mol. The Balaban J connectivity index is 1.28. The number of pyridine rings is 1. The van der Waals surface area contributed by atoms with E-state index in [9.17, 15) is 10.1 Å². The summed E-state index contributed by atoms with van der Waals surface area (Å²) in [6.45, 7) is 0.878. The van der Waals surface area contributed by atoms with Gasteiger partial charge in [0.15, 0.2) is 12.7 Å². The van der Waals surface area contributed by atoms with E-state index in [4.69, 9.17) is 0 Å². The van der Waals surface area contributed by atoms with Gasteiger partial charge in [0.25, 0.3) is 5.69 Å². The molecule has 0 radical (unpaired) electrons. The monoisotopic (exact) mass is 401 g/mol. The van der Waals surface area contributed by atoms with E-state index in [1.165, 1.54) is 38.5 Å². The van der Waals surface area contributed by atoms with Gasteiger partial charge in [-0.15, -0.1) is 0 Å². The summed E-state index contributed by atoms with van der Waals surface area (Å²) in [6, 6.07) is 12.9. The molecule has 1 aromatic heterocycles. The fourth-order valence-electron chi connectivity index (χ4n) is 6.49. The molecule has 1 aromatic carbocycles. The van der Waals surface area contributed by atoms with Crippen molar-refractivity contribution in [2.75, 3.05) is 0 Å². The van der Waals surface area contributed by atoms with Crippen LogP contribution in [-0.4, -0.2) is 4.92 Å². The Morgan fingerprint density at radius 1 is 0.967 bits per heavy atom. The van der Waals surface area contributed by atoms with Crippen LogP contribution in [-0.2, 0) is 6.54 Å². The molecule has 0 spiro atoms. The maximum Gasteiger partial charge on any atom is 0.269 e. The quantitative estimate of drug-likeness (QED) is 0.265. The summed E-state index contributed by atoms with van der Waals surface area (Å²) in [5.74, 6) is 2.93. The average Bonchev–Trinajstić information content (AvgIpc) is 2.72. The molecule has 0 saturated heterocycles. The highest BCUT2D eigenvalue weighted by Gasteiger charge is 2.49. The lowest BCUT2D eigenvalue weighted by molar-refractivity contribution is -0.688. The molecule has 4 saturated carbocycles. The molecule has 0 unspecified atom stereocenters. The number of allylic oxidation sites excluding steroid dienone is 2. The molecule has 0 aliphatic heterocycles. The van der Waals surface area contributed by atoms with Crippen LogP contribution in [0.25, 0.3) is 12.2 Å². The second kappa shape index (κ2) is 7.82. The summed E-state index contributed by atoms with van der Waals surface area (Å²) in [4.78, 5) is 10.4. The van der Waals surface area contributed by atoms with Gasteiger partial charge in [0, 0.05) is 30.3 Å². The molecule has 4 aliphatic carbocycles. The second-order valence-electron chi connectivity index (χ2n) is 9.64. The molecule has 4 bridgehead atoms. The van der Waals surface area contributed by atoms with Gasteiger partial charge in [0.1, 0.15) is 0 Å². The fourth-order valence-corrected chi connectivity index (χ4v) is 6.49. The van der Waals surface area contributed by atoms with Crippen molar-refractivity contribution in [1.82, 2.24) is 0 Å². The molecule has 6 rings (SSSR count). The zero-order valence-corrected chi connectivity index (χ0v) is 17.3. The Bertz CT molecular complexity index is 955. The topological polar surface area (TPSA) is 47.0 Å². The van der Waals surface area contributed by atoms with Gasteiger partial charge >= 0.3 is 0 Å². The van der Waals surface area contributed by atoms with E-state index < -0.39 is 0 Å². The van der Waals surface area contributed by atoms with Crippen LogP contribution in [0.5, 0.6) is 0 Å². The highest BCUT2D eigenvalue weighted by Crippen LogP contribution is 2.60. The first-order chi connectivity index (χ1) is 14.6. The summed E-state index contributed by atoms with van der Waals surface area (Å²) >= 11 is 0. The highest BCUT2D eigenvalue weighted by atomic mass is 16.6. The minimum atomic E-state index is -0.366. The van der Waals surface area contributed by atoms with Crippen molar-refractivity contribution in [3.05, 3.63) is 82.2 Å². The van der Waals surface area contributed by atoms with Gasteiger partial charge in [-0.1, -0.05) is 6.08 Å². The molecule has 0 atom stereocenters.